The molecule has 0 amide bonds. The molecule has 0 aromatic carbocycles. The molecule has 1 rings (SSSR count). The van der Waals surface area contributed by atoms with Crippen LogP contribution in [0.2, 0.25) is 0 Å². The summed E-state index contributed by atoms with van der Waals surface area (Å²) in [7, 11) is 0. The van der Waals surface area contributed by atoms with Gasteiger partial charge in [-0.3, -0.25) is 0 Å². The smallest absolute Gasteiger partial charge is 0.0774 e. The zero-order valence-corrected chi connectivity index (χ0v) is 8.84. The van der Waals surface area contributed by atoms with Crippen molar-refractivity contribution in [2.45, 2.75) is 13.5 Å². The Morgan fingerprint density at radius 1 is 1.67 bits per heavy atom. The van der Waals surface area contributed by atoms with Crippen molar-refractivity contribution in [1.29, 1.82) is 0 Å². The normalized spacial score (nSPS) is 12.1. The molecule has 66 valence electrons. The summed E-state index contributed by atoms with van der Waals surface area (Å²) in [5, 5.41) is 8.86. The molecular weight excluding hydrogens is 188 g/mol. The van der Waals surface area contributed by atoms with E-state index >= 15 is 0 Å². The quantitative estimate of drug-likeness (QED) is 0.809. The van der Waals surface area contributed by atoms with Crippen molar-refractivity contribution < 1.29 is 5.11 Å². The number of rotatable bonds is 3. The summed E-state index contributed by atoms with van der Waals surface area (Å²) in [6.07, 6.45) is 4.16. The molecule has 0 aliphatic rings. The molecular formula is C9H12OS2. The molecule has 3 heteroatoms. The number of allylic oxidation sites excluding steroid dienone is 1. The second-order valence-corrected chi connectivity index (χ2v) is 4.30. The summed E-state index contributed by atoms with van der Waals surface area (Å²) in [6, 6.07) is 4.03. The lowest BCUT2D eigenvalue weighted by atomic mass is 10.4. The van der Waals surface area contributed by atoms with Crippen LogP contribution < -0.4 is 0 Å². The topological polar surface area (TPSA) is 20.2 Å². The third-order valence-corrected chi connectivity index (χ3v) is 3.67. The highest BCUT2D eigenvalue weighted by Crippen LogP contribution is 2.30. The lowest BCUT2D eigenvalue weighted by Crippen LogP contribution is -1.71. The van der Waals surface area contributed by atoms with Gasteiger partial charge < -0.3 is 5.11 Å². The van der Waals surface area contributed by atoms with E-state index in [1.165, 1.54) is 9.78 Å². The van der Waals surface area contributed by atoms with Crippen molar-refractivity contribution in [3.8, 4) is 0 Å². The van der Waals surface area contributed by atoms with Gasteiger partial charge >= 0.3 is 0 Å². The maximum absolute atomic E-state index is 8.86. The van der Waals surface area contributed by atoms with Crippen molar-refractivity contribution in [2.75, 3.05) is 6.26 Å². The molecule has 0 bridgehead atoms. The van der Waals surface area contributed by atoms with Gasteiger partial charge in [-0.1, -0.05) is 6.08 Å². The van der Waals surface area contributed by atoms with E-state index < -0.39 is 0 Å². The lowest BCUT2D eigenvalue weighted by molar-refractivity contribution is 0.285. The molecule has 0 saturated heterocycles. The van der Waals surface area contributed by atoms with Crippen LogP contribution in [0.4, 0.5) is 0 Å². The Kier molecular flexibility index (Phi) is 3.85. The number of hydrogen-bond donors (Lipinski definition) is 1. The van der Waals surface area contributed by atoms with Crippen LogP contribution in [0.1, 0.15) is 16.7 Å². The minimum atomic E-state index is 0.149. The van der Waals surface area contributed by atoms with E-state index in [1.54, 1.807) is 23.1 Å². The summed E-state index contributed by atoms with van der Waals surface area (Å²) in [5.41, 5.74) is 0. The van der Waals surface area contributed by atoms with Gasteiger partial charge in [-0.2, -0.15) is 0 Å². The molecule has 1 aromatic heterocycles. The highest BCUT2D eigenvalue weighted by Gasteiger charge is 2.02. The van der Waals surface area contributed by atoms with Crippen molar-refractivity contribution in [1.82, 2.24) is 0 Å². The molecule has 0 fully saturated rings. The number of aliphatic hydroxyl groups is 1. The first-order chi connectivity index (χ1) is 5.81. The molecule has 0 saturated carbocycles. The van der Waals surface area contributed by atoms with Crippen LogP contribution in [-0.4, -0.2) is 11.4 Å². The Balaban J connectivity index is 2.87. The van der Waals surface area contributed by atoms with Gasteiger partial charge in [0.1, 0.15) is 0 Å². The molecule has 0 unspecified atom stereocenters. The largest absolute Gasteiger partial charge is 0.391 e. The highest BCUT2D eigenvalue weighted by molar-refractivity contribution is 8.07. The first-order valence-electron chi connectivity index (χ1n) is 3.72. The van der Waals surface area contributed by atoms with Crippen LogP contribution >= 0.6 is 23.1 Å². The SMILES string of the molecule is CC=C(SC)c1ccc(CO)s1. The maximum Gasteiger partial charge on any atom is 0.0774 e. The molecule has 1 aromatic rings. The average molecular weight is 200 g/mol. The van der Waals surface area contributed by atoms with Gasteiger partial charge in [0.05, 0.1) is 6.61 Å². The average Bonchev–Trinajstić information content (AvgIpc) is 2.55. The minimum absolute atomic E-state index is 0.149. The van der Waals surface area contributed by atoms with Crippen molar-refractivity contribution >= 4 is 28.0 Å². The van der Waals surface area contributed by atoms with Gasteiger partial charge in [-0.05, 0) is 25.3 Å². The van der Waals surface area contributed by atoms with Gasteiger partial charge in [-0.25, -0.2) is 0 Å². The first kappa shape index (κ1) is 9.84. The Labute approximate surface area is 81.1 Å². The predicted octanol–water partition coefficient (Wildman–Crippen LogP) is 2.96. The van der Waals surface area contributed by atoms with Crippen LogP contribution in [0.5, 0.6) is 0 Å². The van der Waals surface area contributed by atoms with E-state index in [-0.39, 0.29) is 6.61 Å². The predicted molar refractivity (Wildman–Crippen MR) is 57.4 cm³/mol. The van der Waals surface area contributed by atoms with Crippen LogP contribution in [-0.2, 0) is 6.61 Å². The standard InChI is InChI=1S/C9H12OS2/c1-3-8(11-2)9-5-4-7(6-10)12-9/h3-5,10H,6H2,1-2H3. The zero-order valence-electron chi connectivity index (χ0n) is 7.20. The van der Waals surface area contributed by atoms with E-state index in [0.717, 1.165) is 4.88 Å². The third-order valence-electron chi connectivity index (χ3n) is 1.54. The summed E-state index contributed by atoms with van der Waals surface area (Å²) >= 11 is 3.39. The molecule has 0 radical (unpaired) electrons. The molecule has 0 aliphatic carbocycles. The number of aliphatic hydroxyl groups excluding tert-OH is 1. The fraction of sp³-hybridized carbons (Fsp3) is 0.333. The maximum atomic E-state index is 8.86. The van der Waals surface area contributed by atoms with Crippen LogP contribution in [0, 0.1) is 0 Å². The van der Waals surface area contributed by atoms with E-state index in [4.69, 9.17) is 5.11 Å². The van der Waals surface area contributed by atoms with E-state index in [1.807, 2.05) is 13.0 Å². The monoisotopic (exact) mass is 200 g/mol. The van der Waals surface area contributed by atoms with Gasteiger partial charge in [0, 0.05) is 14.7 Å². The van der Waals surface area contributed by atoms with Gasteiger partial charge in [0.15, 0.2) is 0 Å². The van der Waals surface area contributed by atoms with E-state index in [9.17, 15) is 0 Å². The lowest BCUT2D eigenvalue weighted by Gasteiger charge is -1.97. The minimum Gasteiger partial charge on any atom is -0.391 e. The Hall–Kier alpha value is -0.250. The van der Waals surface area contributed by atoms with Gasteiger partial charge in [0.25, 0.3) is 0 Å². The number of hydrogen-bond acceptors (Lipinski definition) is 3. The fourth-order valence-electron chi connectivity index (χ4n) is 0.956. The molecule has 0 aliphatic heterocycles. The second kappa shape index (κ2) is 4.70. The highest BCUT2D eigenvalue weighted by atomic mass is 32.2. The Bertz CT molecular complexity index is 276. The van der Waals surface area contributed by atoms with Crippen LogP contribution in [0.15, 0.2) is 18.2 Å². The molecule has 1 heterocycles. The van der Waals surface area contributed by atoms with Crippen molar-refractivity contribution in [3.05, 3.63) is 28.0 Å². The summed E-state index contributed by atoms with van der Waals surface area (Å²) in [4.78, 5) is 3.55. The zero-order chi connectivity index (χ0) is 8.97. The molecule has 12 heavy (non-hydrogen) atoms. The first-order valence-corrected chi connectivity index (χ1v) is 5.76. The molecule has 0 atom stereocenters. The Morgan fingerprint density at radius 2 is 2.42 bits per heavy atom. The van der Waals surface area contributed by atoms with Crippen LogP contribution in [0.25, 0.3) is 4.91 Å². The second-order valence-electron chi connectivity index (χ2n) is 2.28. The third kappa shape index (κ3) is 2.12. The summed E-state index contributed by atoms with van der Waals surface area (Å²) < 4.78 is 0. The number of thioether (sulfide) groups is 1. The summed E-state index contributed by atoms with van der Waals surface area (Å²) in [5.74, 6) is 0. The molecule has 1 nitrogen and oxygen atoms in total. The van der Waals surface area contributed by atoms with Gasteiger partial charge in [0.2, 0.25) is 0 Å². The molecule has 1 N–H and O–H groups in total. The Morgan fingerprint density at radius 3 is 2.83 bits per heavy atom. The van der Waals surface area contributed by atoms with Crippen LogP contribution in [0.3, 0.4) is 0 Å². The van der Waals surface area contributed by atoms with Crippen molar-refractivity contribution in [3.63, 3.8) is 0 Å². The van der Waals surface area contributed by atoms with E-state index in [2.05, 4.69) is 18.4 Å². The summed E-state index contributed by atoms with van der Waals surface area (Å²) in [6.45, 7) is 2.18. The van der Waals surface area contributed by atoms with Gasteiger partial charge in [-0.15, -0.1) is 23.1 Å². The van der Waals surface area contributed by atoms with Crippen molar-refractivity contribution in [2.24, 2.45) is 0 Å². The number of thiophene rings is 1. The molecule has 0 spiro atoms. The fourth-order valence-corrected chi connectivity index (χ4v) is 2.67. The van der Waals surface area contributed by atoms with E-state index in [0.29, 0.717) is 0 Å².